The zero-order valence-electron chi connectivity index (χ0n) is 19.3. The summed E-state index contributed by atoms with van der Waals surface area (Å²) in [5.41, 5.74) is 3.18. The fraction of sp³-hybridized carbons (Fsp3) is 0.167. The molecule has 0 saturated heterocycles. The first-order valence-electron chi connectivity index (χ1n) is 10.2. The zero-order valence-corrected chi connectivity index (χ0v) is 20.8. The lowest BCUT2D eigenvalue weighted by Crippen LogP contribution is -2.39. The molecule has 0 atom stereocenters. The van der Waals surface area contributed by atoms with E-state index in [1.165, 1.54) is 63.9 Å². The molecule has 184 valence electrons. The highest BCUT2D eigenvalue weighted by Crippen LogP contribution is 2.26. The van der Waals surface area contributed by atoms with Crippen LogP contribution in [-0.2, 0) is 14.8 Å². The maximum Gasteiger partial charge on any atom is 0.264 e. The number of hydrogen-bond donors (Lipinski definition) is 1. The topological polar surface area (TPSA) is 107 Å². The van der Waals surface area contributed by atoms with Gasteiger partial charge in [-0.2, -0.15) is 5.10 Å². The maximum atomic E-state index is 13.4. The van der Waals surface area contributed by atoms with Crippen molar-refractivity contribution in [2.75, 3.05) is 32.2 Å². The largest absolute Gasteiger partial charge is 0.497 e. The average molecular weight is 518 g/mol. The van der Waals surface area contributed by atoms with E-state index >= 15 is 0 Å². The van der Waals surface area contributed by atoms with Crippen LogP contribution in [0.4, 0.5) is 5.69 Å². The predicted molar refractivity (Wildman–Crippen MR) is 134 cm³/mol. The zero-order chi connectivity index (χ0) is 25.4. The number of halogens is 1. The number of hydrogen-bond acceptors (Lipinski definition) is 7. The Balaban J connectivity index is 1.84. The summed E-state index contributed by atoms with van der Waals surface area (Å²) in [5.74, 6) is 0.948. The quantitative estimate of drug-likeness (QED) is 0.324. The molecule has 3 aromatic carbocycles. The van der Waals surface area contributed by atoms with Crippen LogP contribution < -0.4 is 23.9 Å². The molecule has 0 saturated carbocycles. The molecule has 0 aliphatic rings. The third-order valence-electron chi connectivity index (χ3n) is 4.88. The molecule has 0 aliphatic carbocycles. The number of sulfonamides is 1. The van der Waals surface area contributed by atoms with Gasteiger partial charge in [0.1, 0.15) is 23.8 Å². The summed E-state index contributed by atoms with van der Waals surface area (Å²) in [4.78, 5) is 12.7. The molecule has 0 bridgehead atoms. The van der Waals surface area contributed by atoms with Crippen LogP contribution in [0.1, 0.15) is 5.56 Å². The summed E-state index contributed by atoms with van der Waals surface area (Å²) in [6.07, 6.45) is 1.38. The number of ether oxygens (including phenoxy) is 3. The number of amides is 1. The molecule has 0 aliphatic heterocycles. The van der Waals surface area contributed by atoms with Gasteiger partial charge in [-0.1, -0.05) is 11.6 Å². The van der Waals surface area contributed by atoms with Crippen molar-refractivity contribution < 1.29 is 27.4 Å². The van der Waals surface area contributed by atoms with E-state index in [0.717, 1.165) is 4.31 Å². The predicted octanol–water partition coefficient (Wildman–Crippen LogP) is 3.71. The van der Waals surface area contributed by atoms with Crippen LogP contribution in [0.25, 0.3) is 0 Å². The molecule has 3 rings (SSSR count). The first kappa shape index (κ1) is 25.9. The van der Waals surface area contributed by atoms with Gasteiger partial charge in [0.05, 0.1) is 38.1 Å². The molecule has 0 radical (unpaired) electrons. The van der Waals surface area contributed by atoms with Crippen LogP contribution in [0.3, 0.4) is 0 Å². The Morgan fingerprint density at radius 2 is 1.57 bits per heavy atom. The SMILES string of the molecule is COc1ccc(S(=O)(=O)N(CC(=O)N/N=C\c2cc(OC)ccc2OC)c2ccc(Cl)cc2)cc1. The number of carbonyl (C=O) groups excluding carboxylic acids is 1. The van der Waals surface area contributed by atoms with Crippen molar-refractivity contribution in [1.29, 1.82) is 0 Å². The molecule has 3 aromatic rings. The Hall–Kier alpha value is -3.76. The maximum absolute atomic E-state index is 13.4. The van der Waals surface area contributed by atoms with E-state index in [2.05, 4.69) is 10.5 Å². The summed E-state index contributed by atoms with van der Waals surface area (Å²) >= 11 is 5.96. The Morgan fingerprint density at radius 1 is 0.943 bits per heavy atom. The second kappa shape index (κ2) is 11.6. The van der Waals surface area contributed by atoms with Crippen molar-refractivity contribution >= 4 is 39.4 Å². The summed E-state index contributed by atoms with van der Waals surface area (Å²) in [6.45, 7) is -0.525. The fourth-order valence-electron chi connectivity index (χ4n) is 3.08. The van der Waals surface area contributed by atoms with E-state index < -0.39 is 22.5 Å². The molecule has 9 nitrogen and oxygen atoms in total. The standard InChI is InChI=1S/C24H24ClN3O6S/c1-32-20-8-11-22(12-9-20)35(30,31)28(19-6-4-18(25)5-7-19)16-24(29)27-26-15-17-14-21(33-2)10-13-23(17)34-3/h4-15H,16H2,1-3H3,(H,27,29)/b26-15-. The van der Waals surface area contributed by atoms with Crippen LogP contribution in [0.5, 0.6) is 17.2 Å². The van der Waals surface area contributed by atoms with Gasteiger partial charge in [-0.25, -0.2) is 13.8 Å². The number of benzene rings is 3. The van der Waals surface area contributed by atoms with Crippen molar-refractivity contribution in [3.8, 4) is 17.2 Å². The van der Waals surface area contributed by atoms with Gasteiger partial charge in [-0.3, -0.25) is 9.10 Å². The second-order valence-electron chi connectivity index (χ2n) is 7.06. The van der Waals surface area contributed by atoms with E-state index in [1.54, 1.807) is 30.3 Å². The molecular weight excluding hydrogens is 494 g/mol. The van der Waals surface area contributed by atoms with E-state index in [0.29, 0.717) is 27.8 Å². The Bertz CT molecular complexity index is 1300. The van der Waals surface area contributed by atoms with Gasteiger partial charge in [-0.05, 0) is 66.7 Å². The molecule has 0 heterocycles. The van der Waals surface area contributed by atoms with Crippen LogP contribution in [0.15, 0.2) is 76.7 Å². The molecule has 0 aromatic heterocycles. The molecule has 1 N–H and O–H groups in total. The summed E-state index contributed by atoms with van der Waals surface area (Å²) in [6, 6.07) is 17.1. The minimum Gasteiger partial charge on any atom is -0.497 e. The normalized spacial score (nSPS) is 11.2. The monoisotopic (exact) mass is 517 g/mol. The first-order chi connectivity index (χ1) is 16.8. The van der Waals surface area contributed by atoms with Gasteiger partial charge in [0, 0.05) is 10.6 Å². The molecule has 0 unspecified atom stereocenters. The van der Waals surface area contributed by atoms with Crippen molar-refractivity contribution in [3.63, 3.8) is 0 Å². The summed E-state index contributed by atoms with van der Waals surface area (Å²) in [5, 5.41) is 4.37. The number of nitrogens with zero attached hydrogens (tertiary/aromatic N) is 2. The highest BCUT2D eigenvalue weighted by atomic mass is 35.5. The van der Waals surface area contributed by atoms with E-state index in [1.807, 2.05) is 0 Å². The van der Waals surface area contributed by atoms with E-state index in [9.17, 15) is 13.2 Å². The van der Waals surface area contributed by atoms with Gasteiger partial charge >= 0.3 is 0 Å². The third-order valence-corrected chi connectivity index (χ3v) is 6.92. The Kier molecular flexibility index (Phi) is 8.56. The molecule has 0 fully saturated rings. The highest BCUT2D eigenvalue weighted by Gasteiger charge is 2.27. The molecule has 0 spiro atoms. The summed E-state index contributed by atoms with van der Waals surface area (Å²) in [7, 11) is 0.416. The number of methoxy groups -OCH3 is 3. The van der Waals surface area contributed by atoms with Crippen molar-refractivity contribution in [3.05, 3.63) is 77.3 Å². The summed E-state index contributed by atoms with van der Waals surface area (Å²) < 4.78 is 43.4. The lowest BCUT2D eigenvalue weighted by Gasteiger charge is -2.23. The van der Waals surface area contributed by atoms with Crippen LogP contribution in [-0.4, -0.2) is 48.4 Å². The second-order valence-corrected chi connectivity index (χ2v) is 9.36. The van der Waals surface area contributed by atoms with E-state index in [-0.39, 0.29) is 10.6 Å². The fourth-order valence-corrected chi connectivity index (χ4v) is 4.62. The van der Waals surface area contributed by atoms with Crippen LogP contribution in [0.2, 0.25) is 5.02 Å². The van der Waals surface area contributed by atoms with Crippen LogP contribution >= 0.6 is 11.6 Å². The first-order valence-corrected chi connectivity index (χ1v) is 12.1. The molecule has 11 heteroatoms. The van der Waals surface area contributed by atoms with Gasteiger partial charge < -0.3 is 14.2 Å². The van der Waals surface area contributed by atoms with Gasteiger partial charge in [0.2, 0.25) is 0 Å². The Labute approximate surface area is 208 Å². The number of nitrogens with one attached hydrogen (secondary N) is 1. The van der Waals surface area contributed by atoms with E-state index in [4.69, 9.17) is 25.8 Å². The van der Waals surface area contributed by atoms with Crippen LogP contribution in [0, 0.1) is 0 Å². The Morgan fingerprint density at radius 3 is 2.17 bits per heavy atom. The van der Waals surface area contributed by atoms with Gasteiger partial charge in [-0.15, -0.1) is 0 Å². The molecular formula is C24H24ClN3O6S. The molecule has 1 amide bonds. The van der Waals surface area contributed by atoms with Gasteiger partial charge in [0.25, 0.3) is 15.9 Å². The minimum absolute atomic E-state index is 0.00864. The highest BCUT2D eigenvalue weighted by molar-refractivity contribution is 7.92. The van der Waals surface area contributed by atoms with Crippen molar-refractivity contribution in [1.82, 2.24) is 5.43 Å². The van der Waals surface area contributed by atoms with Crippen molar-refractivity contribution in [2.24, 2.45) is 5.10 Å². The van der Waals surface area contributed by atoms with Crippen molar-refractivity contribution in [2.45, 2.75) is 4.90 Å². The number of rotatable bonds is 10. The smallest absolute Gasteiger partial charge is 0.264 e. The minimum atomic E-state index is -4.10. The number of hydrazone groups is 1. The average Bonchev–Trinajstić information content (AvgIpc) is 2.87. The van der Waals surface area contributed by atoms with Gasteiger partial charge in [0.15, 0.2) is 0 Å². The molecule has 35 heavy (non-hydrogen) atoms. The number of carbonyl (C=O) groups is 1. The lowest BCUT2D eigenvalue weighted by atomic mass is 10.2. The third kappa shape index (κ3) is 6.43. The number of anilines is 1. The lowest BCUT2D eigenvalue weighted by molar-refractivity contribution is -0.119.